The first kappa shape index (κ1) is 15.1. The van der Waals surface area contributed by atoms with Gasteiger partial charge in [0.05, 0.1) is 6.20 Å². The molecular weight excluding hydrogens is 254 g/mol. The van der Waals surface area contributed by atoms with Gasteiger partial charge in [-0.15, -0.1) is 5.10 Å². The molecule has 1 aromatic rings. The molecule has 3 N–H and O–H groups in total. The maximum absolute atomic E-state index is 12.2. The summed E-state index contributed by atoms with van der Waals surface area (Å²) in [5, 5.41) is 7.22. The number of sulfonamides is 1. The van der Waals surface area contributed by atoms with Crippen LogP contribution in [0, 0.1) is 5.92 Å². The molecule has 104 valence electrons. The SMILES string of the molecule is CC(C)CC(C)(CN)NS(=O)(=O)c1cnnn1C. The first-order valence-corrected chi connectivity index (χ1v) is 7.27. The number of hydrogen-bond donors (Lipinski definition) is 2. The first-order chi connectivity index (χ1) is 8.20. The summed E-state index contributed by atoms with van der Waals surface area (Å²) in [7, 11) is -2.12. The quantitative estimate of drug-likeness (QED) is 0.752. The van der Waals surface area contributed by atoms with E-state index in [9.17, 15) is 8.42 Å². The van der Waals surface area contributed by atoms with Crippen molar-refractivity contribution in [2.45, 2.75) is 37.8 Å². The molecule has 0 radical (unpaired) electrons. The minimum Gasteiger partial charge on any atom is -0.329 e. The van der Waals surface area contributed by atoms with Crippen LogP contribution in [0.5, 0.6) is 0 Å². The zero-order chi connectivity index (χ0) is 14.0. The number of nitrogens with one attached hydrogen (secondary N) is 1. The van der Waals surface area contributed by atoms with E-state index in [0.717, 1.165) is 0 Å². The monoisotopic (exact) mass is 275 g/mol. The molecule has 0 spiro atoms. The average Bonchev–Trinajstić information content (AvgIpc) is 2.63. The molecular formula is C10H21N5O2S. The van der Waals surface area contributed by atoms with Crippen molar-refractivity contribution in [2.75, 3.05) is 6.54 Å². The molecule has 7 nitrogen and oxygen atoms in total. The lowest BCUT2D eigenvalue weighted by atomic mass is 9.92. The van der Waals surface area contributed by atoms with Crippen LogP contribution in [0.2, 0.25) is 0 Å². The standard InChI is InChI=1S/C10H21N5O2S/c1-8(2)5-10(3,7-11)13-18(16,17)9-6-12-14-15(9)4/h6,8,13H,5,7,11H2,1-4H3. The van der Waals surface area contributed by atoms with Crippen LogP contribution in [-0.4, -0.2) is 35.5 Å². The minimum atomic E-state index is -3.66. The fourth-order valence-corrected chi connectivity index (χ4v) is 3.46. The zero-order valence-corrected chi connectivity index (χ0v) is 12.0. The third-order valence-corrected chi connectivity index (χ3v) is 4.32. The number of nitrogens with two attached hydrogens (primary N) is 1. The first-order valence-electron chi connectivity index (χ1n) is 5.79. The smallest absolute Gasteiger partial charge is 0.259 e. The van der Waals surface area contributed by atoms with Crippen molar-refractivity contribution < 1.29 is 8.42 Å². The number of aryl methyl sites for hydroxylation is 1. The highest BCUT2D eigenvalue weighted by Crippen LogP contribution is 2.18. The van der Waals surface area contributed by atoms with E-state index in [1.807, 2.05) is 13.8 Å². The molecule has 1 heterocycles. The van der Waals surface area contributed by atoms with Gasteiger partial charge in [0.1, 0.15) is 0 Å². The van der Waals surface area contributed by atoms with Crippen molar-refractivity contribution in [3.05, 3.63) is 6.20 Å². The number of rotatable bonds is 6. The zero-order valence-electron chi connectivity index (χ0n) is 11.2. The van der Waals surface area contributed by atoms with Crippen molar-refractivity contribution in [1.82, 2.24) is 19.7 Å². The van der Waals surface area contributed by atoms with E-state index in [2.05, 4.69) is 15.0 Å². The highest BCUT2D eigenvalue weighted by atomic mass is 32.2. The van der Waals surface area contributed by atoms with Crippen LogP contribution in [0.4, 0.5) is 0 Å². The summed E-state index contributed by atoms with van der Waals surface area (Å²) in [6.07, 6.45) is 1.88. The Morgan fingerprint density at radius 1 is 1.56 bits per heavy atom. The number of hydrogen-bond acceptors (Lipinski definition) is 5. The van der Waals surface area contributed by atoms with E-state index in [-0.39, 0.29) is 11.6 Å². The van der Waals surface area contributed by atoms with Crippen molar-refractivity contribution in [3.63, 3.8) is 0 Å². The second-order valence-electron chi connectivity index (χ2n) is 5.16. The number of aromatic nitrogens is 3. The molecule has 0 saturated carbocycles. The molecule has 0 fully saturated rings. The van der Waals surface area contributed by atoms with E-state index in [4.69, 9.17) is 5.73 Å². The second kappa shape index (κ2) is 5.33. The predicted molar refractivity (Wildman–Crippen MR) is 68.2 cm³/mol. The van der Waals surface area contributed by atoms with E-state index in [1.54, 1.807) is 6.92 Å². The van der Waals surface area contributed by atoms with Gasteiger partial charge in [-0.1, -0.05) is 19.1 Å². The van der Waals surface area contributed by atoms with Crippen LogP contribution in [0.25, 0.3) is 0 Å². The molecule has 0 amide bonds. The second-order valence-corrected chi connectivity index (χ2v) is 6.79. The molecule has 0 aliphatic heterocycles. The normalized spacial score (nSPS) is 15.9. The molecule has 8 heteroatoms. The van der Waals surface area contributed by atoms with Gasteiger partial charge in [0.15, 0.2) is 5.03 Å². The van der Waals surface area contributed by atoms with E-state index < -0.39 is 15.6 Å². The molecule has 1 aromatic heterocycles. The Balaban J connectivity index is 2.98. The van der Waals surface area contributed by atoms with Gasteiger partial charge < -0.3 is 5.73 Å². The van der Waals surface area contributed by atoms with Crippen LogP contribution in [0.15, 0.2) is 11.2 Å². The van der Waals surface area contributed by atoms with Gasteiger partial charge in [0.2, 0.25) is 0 Å². The molecule has 1 rings (SSSR count). The Bertz CT molecular complexity index is 496. The lowest BCUT2D eigenvalue weighted by Crippen LogP contribution is -2.52. The number of nitrogens with zero attached hydrogens (tertiary/aromatic N) is 3. The van der Waals surface area contributed by atoms with Crippen molar-refractivity contribution in [1.29, 1.82) is 0 Å². The summed E-state index contributed by atoms with van der Waals surface area (Å²) in [5.41, 5.74) is 5.02. The van der Waals surface area contributed by atoms with Crippen LogP contribution < -0.4 is 10.5 Å². The summed E-state index contributed by atoms with van der Waals surface area (Å²) in [6, 6.07) is 0. The third-order valence-electron chi connectivity index (χ3n) is 2.64. The van der Waals surface area contributed by atoms with Gasteiger partial charge in [-0.25, -0.2) is 17.8 Å². The Kier molecular flexibility index (Phi) is 4.46. The Morgan fingerprint density at radius 3 is 2.56 bits per heavy atom. The maximum Gasteiger partial charge on any atom is 0.259 e. The topological polar surface area (TPSA) is 103 Å². The molecule has 1 unspecified atom stereocenters. The van der Waals surface area contributed by atoms with Gasteiger partial charge in [-0.2, -0.15) is 0 Å². The molecule has 0 saturated heterocycles. The van der Waals surface area contributed by atoms with E-state index in [0.29, 0.717) is 12.3 Å². The molecule has 0 aromatic carbocycles. The Labute approximate surface area is 108 Å². The fourth-order valence-electron chi connectivity index (χ4n) is 1.97. The minimum absolute atomic E-state index is 0.0333. The fraction of sp³-hybridized carbons (Fsp3) is 0.800. The van der Waals surface area contributed by atoms with Crippen molar-refractivity contribution in [2.24, 2.45) is 18.7 Å². The summed E-state index contributed by atoms with van der Waals surface area (Å²) >= 11 is 0. The summed E-state index contributed by atoms with van der Waals surface area (Å²) in [5.74, 6) is 0.339. The molecule has 1 atom stereocenters. The lowest BCUT2D eigenvalue weighted by Gasteiger charge is -2.30. The summed E-state index contributed by atoms with van der Waals surface area (Å²) in [4.78, 5) is 0. The van der Waals surface area contributed by atoms with Crippen LogP contribution in [-0.2, 0) is 17.1 Å². The Hall–Kier alpha value is -0.990. The molecule has 0 bridgehead atoms. The molecule has 0 aliphatic rings. The average molecular weight is 275 g/mol. The lowest BCUT2D eigenvalue weighted by molar-refractivity contribution is 0.343. The van der Waals surface area contributed by atoms with Gasteiger partial charge in [-0.3, -0.25) is 0 Å². The summed E-state index contributed by atoms with van der Waals surface area (Å²) in [6.45, 7) is 6.08. The largest absolute Gasteiger partial charge is 0.329 e. The van der Waals surface area contributed by atoms with Gasteiger partial charge in [0.25, 0.3) is 10.0 Å². The Morgan fingerprint density at radius 2 is 2.17 bits per heavy atom. The van der Waals surface area contributed by atoms with Gasteiger partial charge in [-0.05, 0) is 19.3 Å². The van der Waals surface area contributed by atoms with Crippen molar-refractivity contribution >= 4 is 10.0 Å². The van der Waals surface area contributed by atoms with Crippen LogP contribution in [0.1, 0.15) is 27.2 Å². The van der Waals surface area contributed by atoms with Crippen LogP contribution >= 0.6 is 0 Å². The van der Waals surface area contributed by atoms with Gasteiger partial charge in [0, 0.05) is 19.1 Å². The highest BCUT2D eigenvalue weighted by molar-refractivity contribution is 7.89. The van der Waals surface area contributed by atoms with Gasteiger partial charge >= 0.3 is 0 Å². The van der Waals surface area contributed by atoms with Crippen molar-refractivity contribution in [3.8, 4) is 0 Å². The van der Waals surface area contributed by atoms with E-state index in [1.165, 1.54) is 17.9 Å². The predicted octanol–water partition coefficient (Wildman–Crippen LogP) is -0.143. The highest BCUT2D eigenvalue weighted by Gasteiger charge is 2.31. The molecule has 18 heavy (non-hydrogen) atoms. The molecule has 0 aliphatic carbocycles. The van der Waals surface area contributed by atoms with E-state index >= 15 is 0 Å². The van der Waals surface area contributed by atoms with Crippen LogP contribution in [0.3, 0.4) is 0 Å². The third kappa shape index (κ3) is 3.50. The maximum atomic E-state index is 12.2. The summed E-state index contributed by atoms with van der Waals surface area (Å²) < 4.78 is 28.3.